The zero-order valence-electron chi connectivity index (χ0n) is 30.9. The first kappa shape index (κ1) is 32.0. The Morgan fingerprint density at radius 3 is 1.37 bits per heavy atom. The zero-order chi connectivity index (χ0) is 37.6. The highest BCUT2D eigenvalue weighted by atomic mass is 16.5. The molecule has 0 aliphatic rings. The van der Waals surface area contributed by atoms with E-state index in [-0.39, 0.29) is 0 Å². The second kappa shape index (κ2) is 12.3. The van der Waals surface area contributed by atoms with Crippen molar-refractivity contribution < 1.29 is 13.6 Å². The van der Waals surface area contributed by atoms with Gasteiger partial charge >= 0.3 is 0 Å². The van der Waals surface area contributed by atoms with Gasteiger partial charge in [0.05, 0.1) is 35.3 Å². The Balaban J connectivity index is 0.978. The summed E-state index contributed by atoms with van der Waals surface area (Å²) in [5.74, 6) is 0. The summed E-state index contributed by atoms with van der Waals surface area (Å²) in [5, 5.41) is 9.25. The minimum Gasteiger partial charge on any atom is -0.456 e. The van der Waals surface area contributed by atoms with E-state index in [1.807, 2.05) is 0 Å². The smallest absolute Gasteiger partial charge is 0.135 e. The van der Waals surface area contributed by atoms with Gasteiger partial charge in [0.15, 0.2) is 0 Å². The third-order valence-electron chi connectivity index (χ3n) is 11.6. The van der Waals surface area contributed by atoms with Crippen LogP contribution >= 0.6 is 0 Å². The van der Waals surface area contributed by atoms with E-state index in [1.165, 1.54) is 32.6 Å². The van der Waals surface area contributed by atoms with E-state index in [9.17, 15) is 0 Å². The number of hydrogen-bond acceptors (Lipinski definition) is 3. The van der Waals surface area contributed by atoms with Crippen LogP contribution in [0.2, 0.25) is 0 Å². The molecule has 0 N–H and O–H groups in total. The molecule has 8 aromatic carbocycles. The third kappa shape index (κ3) is 4.86. The van der Waals surface area contributed by atoms with Gasteiger partial charge in [0.1, 0.15) is 22.3 Å². The van der Waals surface area contributed by atoms with Gasteiger partial charge in [0, 0.05) is 54.5 Å². The average molecular weight is 735 g/mol. The van der Waals surface area contributed by atoms with Crippen LogP contribution in [0.3, 0.4) is 0 Å². The Morgan fingerprint density at radius 2 is 0.860 bits per heavy atom. The van der Waals surface area contributed by atoms with Gasteiger partial charge in [-0.05, 0) is 108 Å². The van der Waals surface area contributed by atoms with Crippen LogP contribution in [0, 0.1) is 0 Å². The highest BCUT2D eigenvalue weighted by molar-refractivity contribution is 6.13. The summed E-state index contributed by atoms with van der Waals surface area (Å²) in [5.41, 5.74) is 13.7. The number of para-hydroxylation sites is 3. The van der Waals surface area contributed by atoms with Gasteiger partial charge in [-0.25, -0.2) is 0 Å². The predicted molar refractivity (Wildman–Crippen MR) is 235 cm³/mol. The van der Waals surface area contributed by atoms with Gasteiger partial charge in [-0.15, -0.1) is 6.58 Å². The van der Waals surface area contributed by atoms with Crippen LogP contribution in [0.1, 0.15) is 5.56 Å². The number of hydrogen-bond donors (Lipinski definition) is 0. The van der Waals surface area contributed by atoms with E-state index in [1.54, 1.807) is 6.08 Å². The SMILES string of the molecule is C=CCOCc1ccc2c(c1)c1ccccc1n2-c1ccc2oc3ccc(-c4ccc5oc6ccc(-n7c8ccccc8c8ccccc87)cc6c5c4)cc3c2c1. The molecule has 0 unspecified atom stereocenters. The van der Waals surface area contributed by atoms with Crippen molar-refractivity contribution in [3.63, 3.8) is 0 Å². The van der Waals surface area contributed by atoms with Crippen molar-refractivity contribution in [2.24, 2.45) is 0 Å². The molecule has 57 heavy (non-hydrogen) atoms. The highest BCUT2D eigenvalue weighted by Crippen LogP contribution is 2.40. The Labute approximate surface area is 326 Å². The minimum atomic E-state index is 0.528. The van der Waals surface area contributed by atoms with Crippen molar-refractivity contribution in [1.82, 2.24) is 9.13 Å². The van der Waals surface area contributed by atoms with Crippen LogP contribution in [-0.4, -0.2) is 15.7 Å². The third-order valence-corrected chi connectivity index (χ3v) is 11.6. The van der Waals surface area contributed by atoms with Crippen LogP contribution in [0.5, 0.6) is 0 Å². The second-order valence-electron chi connectivity index (χ2n) is 14.9. The standard InChI is InChI=1S/C52H34N2O3/c1-2-25-55-31-32-15-20-48-40(26-32)39-11-5-8-14-47(39)54(48)36-19-24-52-44(30-36)42-28-34(17-22-50(42)57-52)33-16-21-49-41(27-33)43-29-35(18-23-51(43)56-49)53-45-12-6-3-9-37(45)38-10-4-7-13-46(38)53/h2-24,26-30H,1,25,31H2. The number of nitrogens with zero attached hydrogens (tertiary/aromatic N) is 2. The maximum absolute atomic E-state index is 6.43. The molecule has 5 heteroatoms. The molecule has 4 aromatic heterocycles. The molecule has 0 saturated heterocycles. The summed E-state index contributed by atoms with van der Waals surface area (Å²) in [6.07, 6.45) is 1.78. The maximum atomic E-state index is 6.43. The number of ether oxygens (including phenoxy) is 1. The lowest BCUT2D eigenvalue weighted by atomic mass is 10.0. The maximum Gasteiger partial charge on any atom is 0.135 e. The fourth-order valence-electron chi connectivity index (χ4n) is 9.02. The molecule has 5 nitrogen and oxygen atoms in total. The van der Waals surface area contributed by atoms with E-state index >= 15 is 0 Å². The van der Waals surface area contributed by atoms with E-state index < -0.39 is 0 Å². The summed E-state index contributed by atoms with van der Waals surface area (Å²) in [6, 6.07) is 58.6. The average Bonchev–Trinajstić information content (AvgIpc) is 4.00. The molecule has 0 aliphatic carbocycles. The second-order valence-corrected chi connectivity index (χ2v) is 14.9. The summed E-state index contributed by atoms with van der Waals surface area (Å²) in [7, 11) is 0. The van der Waals surface area contributed by atoms with Crippen LogP contribution in [0.15, 0.2) is 185 Å². The van der Waals surface area contributed by atoms with Crippen molar-refractivity contribution in [3.8, 4) is 22.5 Å². The molecule has 0 spiro atoms. The summed E-state index contributed by atoms with van der Waals surface area (Å²) < 4.78 is 23.3. The van der Waals surface area contributed by atoms with E-state index in [0.29, 0.717) is 13.2 Å². The molecule has 270 valence electrons. The lowest BCUT2D eigenvalue weighted by Gasteiger charge is -2.09. The molecule has 12 aromatic rings. The highest BCUT2D eigenvalue weighted by Gasteiger charge is 2.18. The number of furan rings is 2. The molecular formula is C52H34N2O3. The number of benzene rings is 8. The monoisotopic (exact) mass is 734 g/mol. The Bertz CT molecular complexity index is 3540. The van der Waals surface area contributed by atoms with Crippen LogP contribution in [-0.2, 0) is 11.3 Å². The molecule has 0 bridgehead atoms. The zero-order valence-corrected chi connectivity index (χ0v) is 30.9. The lowest BCUT2D eigenvalue weighted by Crippen LogP contribution is -1.95. The lowest BCUT2D eigenvalue weighted by molar-refractivity contribution is 0.149. The molecule has 0 aliphatic heterocycles. The van der Waals surface area contributed by atoms with Gasteiger partial charge in [0.25, 0.3) is 0 Å². The number of aromatic nitrogens is 2. The van der Waals surface area contributed by atoms with E-state index in [2.05, 4.69) is 180 Å². The minimum absolute atomic E-state index is 0.528. The van der Waals surface area contributed by atoms with Crippen molar-refractivity contribution in [1.29, 1.82) is 0 Å². The topological polar surface area (TPSA) is 45.4 Å². The number of rotatable bonds is 7. The van der Waals surface area contributed by atoms with Crippen molar-refractivity contribution in [2.45, 2.75) is 6.61 Å². The fourth-order valence-corrected chi connectivity index (χ4v) is 9.02. The van der Waals surface area contributed by atoms with Crippen LogP contribution in [0.25, 0.3) is 110 Å². The normalized spacial score (nSPS) is 12.1. The van der Waals surface area contributed by atoms with Gasteiger partial charge in [-0.1, -0.05) is 78.9 Å². The molecule has 0 radical (unpaired) electrons. The first-order chi connectivity index (χ1) is 28.2. The molecule has 0 fully saturated rings. The number of fused-ring (bicyclic) bond motifs is 12. The first-order valence-electron chi connectivity index (χ1n) is 19.3. The largest absolute Gasteiger partial charge is 0.456 e. The predicted octanol–water partition coefficient (Wildman–Crippen LogP) is 14.0. The molecule has 4 heterocycles. The van der Waals surface area contributed by atoms with Crippen LogP contribution < -0.4 is 0 Å². The Morgan fingerprint density at radius 1 is 0.421 bits per heavy atom. The van der Waals surface area contributed by atoms with Gasteiger partial charge in [-0.3, -0.25) is 0 Å². The Kier molecular flexibility index (Phi) is 6.92. The van der Waals surface area contributed by atoms with Crippen LogP contribution in [0.4, 0.5) is 0 Å². The van der Waals surface area contributed by atoms with Gasteiger partial charge in [-0.2, -0.15) is 0 Å². The van der Waals surface area contributed by atoms with Gasteiger partial charge in [0.2, 0.25) is 0 Å². The van der Waals surface area contributed by atoms with E-state index in [0.717, 1.165) is 83.0 Å². The molecule has 0 saturated carbocycles. The fraction of sp³-hybridized carbons (Fsp3) is 0.0385. The molecule has 0 atom stereocenters. The van der Waals surface area contributed by atoms with Gasteiger partial charge < -0.3 is 22.7 Å². The quantitative estimate of drug-likeness (QED) is 0.121. The Hall–Kier alpha value is -7.34. The van der Waals surface area contributed by atoms with Crippen molar-refractivity contribution in [3.05, 3.63) is 182 Å². The molecular weight excluding hydrogens is 701 g/mol. The summed E-state index contributed by atoms with van der Waals surface area (Å²) >= 11 is 0. The van der Waals surface area contributed by atoms with Crippen molar-refractivity contribution >= 4 is 87.5 Å². The van der Waals surface area contributed by atoms with E-state index in [4.69, 9.17) is 13.6 Å². The first-order valence-corrected chi connectivity index (χ1v) is 19.3. The van der Waals surface area contributed by atoms with Crippen molar-refractivity contribution in [2.75, 3.05) is 6.61 Å². The summed E-state index contributed by atoms with van der Waals surface area (Å²) in [6.45, 7) is 4.85. The summed E-state index contributed by atoms with van der Waals surface area (Å²) in [4.78, 5) is 0. The molecule has 0 amide bonds. The molecule has 12 rings (SSSR count).